The molecule has 0 bridgehead atoms. The summed E-state index contributed by atoms with van der Waals surface area (Å²) in [5, 5.41) is 13.5. The Kier molecular flexibility index (Phi) is 6.49. The normalized spacial score (nSPS) is 21.7. The summed E-state index contributed by atoms with van der Waals surface area (Å²) in [6.07, 6.45) is 1.83. The molecule has 5 nitrogen and oxygen atoms in total. The molecule has 0 unspecified atom stereocenters. The van der Waals surface area contributed by atoms with Crippen LogP contribution in [0.25, 0.3) is 11.1 Å². The highest BCUT2D eigenvalue weighted by molar-refractivity contribution is 5.86. The number of carboxylic acids is 1. The second kappa shape index (κ2) is 10.3. The first-order valence-corrected chi connectivity index (χ1v) is 13.2. The van der Waals surface area contributed by atoms with Crippen molar-refractivity contribution in [3.63, 3.8) is 0 Å². The van der Waals surface area contributed by atoms with Crippen molar-refractivity contribution in [1.82, 2.24) is 0 Å². The van der Waals surface area contributed by atoms with Gasteiger partial charge in [-0.2, -0.15) is 0 Å². The number of hydrogen-bond acceptors (Lipinski definition) is 4. The molecule has 2 aliphatic rings. The second-order valence-corrected chi connectivity index (χ2v) is 10.3. The lowest BCUT2D eigenvalue weighted by Gasteiger charge is -2.48. The van der Waals surface area contributed by atoms with Gasteiger partial charge in [0.1, 0.15) is 5.75 Å². The van der Waals surface area contributed by atoms with E-state index in [9.17, 15) is 14.7 Å². The zero-order valence-electron chi connectivity index (χ0n) is 21.4. The number of anilines is 1. The predicted molar refractivity (Wildman–Crippen MR) is 152 cm³/mol. The number of carbonyl (C=O) groups excluding carboxylic acids is 1. The van der Waals surface area contributed by atoms with Gasteiger partial charge in [0.2, 0.25) is 0 Å². The van der Waals surface area contributed by atoms with Crippen molar-refractivity contribution in [2.24, 2.45) is 11.8 Å². The van der Waals surface area contributed by atoms with Gasteiger partial charge in [-0.3, -0.25) is 9.59 Å². The van der Waals surface area contributed by atoms with E-state index in [0.29, 0.717) is 5.75 Å². The zero-order valence-corrected chi connectivity index (χ0v) is 21.4. The van der Waals surface area contributed by atoms with Crippen LogP contribution in [-0.2, 0) is 16.0 Å². The maximum Gasteiger partial charge on any atom is 0.315 e. The monoisotopic (exact) mass is 515 g/mol. The number of benzene rings is 4. The summed E-state index contributed by atoms with van der Waals surface area (Å²) >= 11 is 0. The molecule has 1 heterocycles. The molecule has 0 radical (unpaired) electrons. The van der Waals surface area contributed by atoms with Gasteiger partial charge in [0.15, 0.2) is 0 Å². The van der Waals surface area contributed by atoms with E-state index in [2.05, 4.69) is 24.0 Å². The number of aryl methyl sites for hydroxylation is 1. The van der Waals surface area contributed by atoms with Crippen molar-refractivity contribution in [1.29, 1.82) is 0 Å². The van der Waals surface area contributed by atoms with Crippen LogP contribution in [0.3, 0.4) is 0 Å². The van der Waals surface area contributed by atoms with Crippen molar-refractivity contribution < 1.29 is 19.4 Å². The number of carboxylic acid groups (broad SMARTS) is 1. The lowest BCUT2D eigenvalue weighted by atomic mass is 9.52. The Labute approximate surface area is 227 Å². The third-order valence-electron chi connectivity index (χ3n) is 7.97. The molecule has 6 rings (SSSR count). The van der Waals surface area contributed by atoms with Crippen LogP contribution in [0.4, 0.5) is 5.69 Å². The molecule has 5 heteroatoms. The summed E-state index contributed by atoms with van der Waals surface area (Å²) < 4.78 is 5.98. The lowest BCUT2D eigenvalue weighted by Crippen LogP contribution is -2.52. The molecule has 4 aromatic rings. The minimum atomic E-state index is -0.908. The summed E-state index contributed by atoms with van der Waals surface area (Å²) in [7, 11) is 0. The molecule has 1 aliphatic carbocycles. The fraction of sp³-hybridized carbons (Fsp3) is 0.176. The third kappa shape index (κ3) is 4.72. The lowest BCUT2D eigenvalue weighted by molar-refractivity contribution is -0.158. The van der Waals surface area contributed by atoms with Gasteiger partial charge < -0.3 is 15.2 Å². The zero-order chi connectivity index (χ0) is 26.9. The summed E-state index contributed by atoms with van der Waals surface area (Å²) in [5.41, 5.74) is 6.98. The first kappa shape index (κ1) is 24.7. The highest BCUT2D eigenvalue weighted by Crippen LogP contribution is 2.58. The van der Waals surface area contributed by atoms with Gasteiger partial charge in [-0.1, -0.05) is 85.4 Å². The Morgan fingerprint density at radius 1 is 0.744 bits per heavy atom. The van der Waals surface area contributed by atoms with Crippen LogP contribution in [0, 0.1) is 11.8 Å². The maximum absolute atomic E-state index is 13.8. The summed E-state index contributed by atoms with van der Waals surface area (Å²) in [4.78, 5) is 26.2. The van der Waals surface area contributed by atoms with Gasteiger partial charge in [0.05, 0.1) is 11.8 Å². The molecule has 1 aliphatic heterocycles. The Morgan fingerprint density at radius 3 is 2.03 bits per heavy atom. The van der Waals surface area contributed by atoms with Crippen LogP contribution in [0.15, 0.2) is 115 Å². The third-order valence-corrected chi connectivity index (χ3v) is 7.97. The number of hydrogen-bond donors (Lipinski definition) is 2. The molecule has 1 saturated carbocycles. The molecule has 194 valence electrons. The quantitative estimate of drug-likeness (QED) is 0.213. The Morgan fingerprint density at radius 2 is 1.38 bits per heavy atom. The Balaban J connectivity index is 1.30. The van der Waals surface area contributed by atoms with Crippen LogP contribution in [-0.4, -0.2) is 17.0 Å². The summed E-state index contributed by atoms with van der Waals surface area (Å²) in [6.45, 7) is 4.03. The molecule has 0 aromatic heterocycles. The average Bonchev–Trinajstić information content (AvgIpc) is 2.93. The van der Waals surface area contributed by atoms with Crippen LogP contribution in [0.1, 0.15) is 34.9 Å². The number of nitrogens with one attached hydrogen (secondary N) is 1. The standard InChI is InChI=1S/C34H29NO4/c1-21-15-16-26-19-25(17-18-28(26)35-21)24-13-8-14-27(20-24)39-34(38)32-29(22-9-4-2-5-10-22)31(33(36)37)30(32)23-11-6-3-7-12-23/h2-14,17-20,29-32,35H,1,15-16H2,(H,36,37)/t29-,30-,31-,32-/m0/s1. The van der Waals surface area contributed by atoms with Crippen LogP contribution >= 0.6 is 0 Å². The number of fused-ring (bicyclic) bond motifs is 1. The number of esters is 1. The van der Waals surface area contributed by atoms with E-state index in [-0.39, 0.29) is 0 Å². The smallest absolute Gasteiger partial charge is 0.315 e. The molecule has 2 N–H and O–H groups in total. The second-order valence-electron chi connectivity index (χ2n) is 10.3. The van der Waals surface area contributed by atoms with Crippen molar-refractivity contribution in [2.45, 2.75) is 24.7 Å². The molecule has 2 atom stereocenters. The van der Waals surface area contributed by atoms with E-state index in [0.717, 1.165) is 46.5 Å². The number of aliphatic carboxylic acids is 1. The SMILES string of the molecule is C=C1CCc2cc(-c3cccc(OC(=O)[C@H]4[C@@H](c5ccccc5)[C@H](C(=O)O)[C@@H]4c4ccccc4)c3)ccc2N1. The van der Waals surface area contributed by atoms with E-state index in [1.165, 1.54) is 5.56 Å². The molecule has 4 aromatic carbocycles. The first-order valence-electron chi connectivity index (χ1n) is 13.2. The minimum absolute atomic E-state index is 0.416. The highest BCUT2D eigenvalue weighted by Gasteiger charge is 2.59. The van der Waals surface area contributed by atoms with Crippen molar-refractivity contribution in [3.05, 3.63) is 132 Å². The van der Waals surface area contributed by atoms with Crippen LogP contribution in [0.5, 0.6) is 5.75 Å². The van der Waals surface area contributed by atoms with Gasteiger partial charge in [-0.15, -0.1) is 0 Å². The van der Waals surface area contributed by atoms with Gasteiger partial charge in [0.25, 0.3) is 0 Å². The topological polar surface area (TPSA) is 75.6 Å². The number of rotatable bonds is 6. The van der Waals surface area contributed by atoms with Gasteiger partial charge in [0, 0.05) is 23.2 Å². The van der Waals surface area contributed by atoms with Crippen molar-refractivity contribution in [3.8, 4) is 16.9 Å². The average molecular weight is 516 g/mol. The minimum Gasteiger partial charge on any atom is -0.481 e. The Bertz CT molecular complexity index is 1500. The largest absolute Gasteiger partial charge is 0.481 e. The van der Waals surface area contributed by atoms with Crippen LogP contribution in [0.2, 0.25) is 0 Å². The molecule has 0 spiro atoms. The maximum atomic E-state index is 13.8. The summed E-state index contributed by atoms with van der Waals surface area (Å²) in [6, 6.07) is 32.6. The predicted octanol–water partition coefficient (Wildman–Crippen LogP) is 7.03. The van der Waals surface area contributed by atoms with Crippen molar-refractivity contribution in [2.75, 3.05) is 5.32 Å². The molecular formula is C34H29NO4. The highest BCUT2D eigenvalue weighted by atomic mass is 16.5. The number of ether oxygens (including phenoxy) is 1. The molecule has 0 amide bonds. The molecule has 1 fully saturated rings. The number of carbonyl (C=O) groups is 2. The number of allylic oxidation sites excluding steroid dienone is 1. The van der Waals surface area contributed by atoms with E-state index in [1.54, 1.807) is 6.07 Å². The van der Waals surface area contributed by atoms with Gasteiger partial charge in [-0.25, -0.2) is 0 Å². The molecule has 0 saturated heterocycles. The fourth-order valence-corrected chi connectivity index (χ4v) is 6.09. The van der Waals surface area contributed by atoms with E-state index in [4.69, 9.17) is 4.74 Å². The van der Waals surface area contributed by atoms with Crippen LogP contribution < -0.4 is 10.1 Å². The molecular weight excluding hydrogens is 486 g/mol. The van der Waals surface area contributed by atoms with E-state index >= 15 is 0 Å². The van der Waals surface area contributed by atoms with Gasteiger partial charge >= 0.3 is 11.9 Å². The fourth-order valence-electron chi connectivity index (χ4n) is 6.09. The van der Waals surface area contributed by atoms with Gasteiger partial charge in [-0.05, 0) is 64.9 Å². The Hall–Kier alpha value is -4.64. The molecule has 39 heavy (non-hydrogen) atoms. The van der Waals surface area contributed by atoms with E-state index in [1.807, 2.05) is 84.9 Å². The summed E-state index contributed by atoms with van der Waals surface area (Å²) in [5.74, 6) is -3.19. The van der Waals surface area contributed by atoms with E-state index < -0.39 is 35.6 Å². The van der Waals surface area contributed by atoms with Crippen molar-refractivity contribution >= 4 is 17.6 Å². The first-order chi connectivity index (χ1) is 19.0.